The molecule has 1 aromatic carbocycles. The first-order chi connectivity index (χ1) is 31.4. The van der Waals surface area contributed by atoms with Crippen molar-refractivity contribution in [3.05, 3.63) is 95.6 Å². The van der Waals surface area contributed by atoms with E-state index in [1.165, 1.54) is 14.2 Å². The highest BCUT2D eigenvalue weighted by Crippen LogP contribution is 2.50. The number of amides is 5. The fourth-order valence-corrected chi connectivity index (χ4v) is 9.92. The molecule has 0 radical (unpaired) electrons. The van der Waals surface area contributed by atoms with Gasteiger partial charge in [-0.2, -0.15) is 0 Å². The molecule has 5 heterocycles. The molecule has 2 aromatic heterocycles. The maximum atomic E-state index is 14.7. The van der Waals surface area contributed by atoms with Crippen LogP contribution in [0.5, 0.6) is 0 Å². The van der Waals surface area contributed by atoms with Crippen LogP contribution in [-0.2, 0) is 29.2 Å². The first-order valence-corrected chi connectivity index (χ1v) is 23.2. The fourth-order valence-electron chi connectivity index (χ4n) is 9.92. The summed E-state index contributed by atoms with van der Waals surface area (Å²) >= 11 is 0. The SMILES string of the molecule is COC(=O)N[C@H](C(=O)N1CC2(CCN(C(=O)OC(C)(C)C)CC2)CC1c1ncc(C2(c3cnc([C@@H]4CCCN4C(=O)[C@@H](NC(=O)OC)C(C)C)[nH]3)C=CC(c3ccccc3)C=C2)[nH]1)C(C)C. The Bertz CT molecular complexity index is 2270. The molecule has 7 rings (SSSR count). The van der Waals surface area contributed by atoms with E-state index in [-0.39, 0.29) is 47.1 Å². The van der Waals surface area contributed by atoms with Crippen LogP contribution in [0.25, 0.3) is 0 Å². The first-order valence-electron chi connectivity index (χ1n) is 23.2. The molecule has 17 nitrogen and oxygen atoms in total. The van der Waals surface area contributed by atoms with Gasteiger partial charge in [0, 0.05) is 44.5 Å². The number of nitrogens with zero attached hydrogens (tertiary/aromatic N) is 5. The Kier molecular flexibility index (Phi) is 14.0. The average molecular weight is 910 g/mol. The number of aromatic nitrogens is 4. The molecule has 3 fully saturated rings. The van der Waals surface area contributed by atoms with Gasteiger partial charge in [-0.3, -0.25) is 9.59 Å². The van der Waals surface area contributed by atoms with Crippen LogP contribution in [0, 0.1) is 17.3 Å². The number of benzene rings is 1. The second kappa shape index (κ2) is 19.4. The number of hydrogen-bond acceptors (Lipinski definition) is 10. The number of piperidine rings is 1. The van der Waals surface area contributed by atoms with Crippen molar-refractivity contribution < 1.29 is 38.2 Å². The molecule has 4 atom stereocenters. The van der Waals surface area contributed by atoms with E-state index in [1.54, 1.807) is 9.80 Å². The van der Waals surface area contributed by atoms with Crippen LogP contribution in [0.1, 0.15) is 127 Å². The monoisotopic (exact) mass is 910 g/mol. The summed E-state index contributed by atoms with van der Waals surface area (Å²) in [4.78, 5) is 89.4. The summed E-state index contributed by atoms with van der Waals surface area (Å²) in [6, 6.07) is 7.78. The smallest absolute Gasteiger partial charge is 0.410 e. The third kappa shape index (κ3) is 9.99. The number of allylic oxidation sites excluding steroid dienone is 4. The zero-order valence-corrected chi connectivity index (χ0v) is 39.8. The molecule has 3 saturated heterocycles. The zero-order valence-electron chi connectivity index (χ0n) is 39.8. The maximum Gasteiger partial charge on any atom is 0.410 e. The minimum Gasteiger partial charge on any atom is -0.453 e. The highest BCUT2D eigenvalue weighted by molar-refractivity contribution is 5.87. The number of methoxy groups -OCH3 is 2. The van der Waals surface area contributed by atoms with E-state index in [9.17, 15) is 24.0 Å². The summed E-state index contributed by atoms with van der Waals surface area (Å²) in [5.41, 5.74) is 0.784. The lowest BCUT2D eigenvalue weighted by molar-refractivity contribution is -0.136. The molecule has 5 amide bonds. The van der Waals surface area contributed by atoms with E-state index in [4.69, 9.17) is 24.2 Å². The van der Waals surface area contributed by atoms with Crippen molar-refractivity contribution in [3.8, 4) is 0 Å². The van der Waals surface area contributed by atoms with Crippen molar-refractivity contribution in [2.24, 2.45) is 17.3 Å². The molecule has 356 valence electrons. The summed E-state index contributed by atoms with van der Waals surface area (Å²) in [5, 5.41) is 5.50. The van der Waals surface area contributed by atoms with Crippen LogP contribution in [0.15, 0.2) is 67.0 Å². The van der Waals surface area contributed by atoms with Gasteiger partial charge in [0.1, 0.15) is 29.3 Å². The predicted octanol–water partition coefficient (Wildman–Crippen LogP) is 7.04. The summed E-state index contributed by atoms with van der Waals surface area (Å²) in [5.74, 6) is 0.385. The number of carbonyl (C=O) groups is 5. The Morgan fingerprint density at radius 2 is 1.29 bits per heavy atom. The highest BCUT2D eigenvalue weighted by Gasteiger charge is 2.51. The lowest BCUT2D eigenvalue weighted by Gasteiger charge is -2.39. The minimum atomic E-state index is -0.904. The van der Waals surface area contributed by atoms with E-state index < -0.39 is 41.3 Å². The summed E-state index contributed by atoms with van der Waals surface area (Å²) in [6.45, 7) is 15.0. The van der Waals surface area contributed by atoms with Crippen molar-refractivity contribution in [2.75, 3.05) is 40.4 Å². The van der Waals surface area contributed by atoms with E-state index in [0.717, 1.165) is 23.4 Å². The van der Waals surface area contributed by atoms with Crippen molar-refractivity contribution in [3.63, 3.8) is 0 Å². The van der Waals surface area contributed by atoms with Gasteiger partial charge < -0.3 is 49.5 Å². The number of nitrogens with one attached hydrogen (secondary N) is 4. The number of imidazole rings is 2. The molecule has 1 aliphatic carbocycles. The average Bonchev–Trinajstić information content (AvgIpc) is 4.14. The molecule has 17 heteroatoms. The second-order valence-corrected chi connectivity index (χ2v) is 19.9. The van der Waals surface area contributed by atoms with Crippen LogP contribution in [0.2, 0.25) is 0 Å². The summed E-state index contributed by atoms with van der Waals surface area (Å²) in [6.07, 6.45) is 13.9. The standard InChI is InChI=1S/C49H67N9O8/c1-30(2)38(54-44(61)64-8)42(59)57-23-13-16-34(57)40-50-27-36(52-40)49(19-17-33(18-20-49)32-14-11-10-12-15-32)37-28-51-41(53-37)35-26-48(21-24-56(25-22-48)46(63)66-47(5,6)7)29-58(35)43(60)39(31(3)4)55-45(62)65-9/h10-12,14-15,17-20,27-28,30-31,33-35,38-39H,13,16,21-26,29H2,1-9H3,(H,50,52)(H,51,53)(H,54,61)(H,55,62)/t33?,34-,35?,38-,39-,49?/m0/s1. The Morgan fingerprint density at radius 3 is 1.80 bits per heavy atom. The Labute approximate surface area is 387 Å². The third-order valence-corrected chi connectivity index (χ3v) is 13.6. The zero-order chi connectivity index (χ0) is 47.6. The fraction of sp³-hybridized carbons (Fsp3) is 0.571. The van der Waals surface area contributed by atoms with E-state index in [2.05, 4.69) is 57.0 Å². The molecule has 1 unspecified atom stereocenters. The molecule has 0 saturated carbocycles. The van der Waals surface area contributed by atoms with Gasteiger partial charge in [0.15, 0.2) is 0 Å². The molecule has 3 aliphatic heterocycles. The highest BCUT2D eigenvalue weighted by atomic mass is 16.6. The van der Waals surface area contributed by atoms with E-state index in [1.807, 2.05) is 84.0 Å². The molecule has 66 heavy (non-hydrogen) atoms. The van der Waals surface area contributed by atoms with Gasteiger partial charge in [0.25, 0.3) is 0 Å². The van der Waals surface area contributed by atoms with Crippen molar-refractivity contribution >= 4 is 30.1 Å². The number of alkyl carbamates (subject to hydrolysis) is 2. The molecule has 1 spiro atoms. The Balaban J connectivity index is 1.23. The summed E-state index contributed by atoms with van der Waals surface area (Å²) < 4.78 is 15.5. The molecule has 3 aromatic rings. The van der Waals surface area contributed by atoms with Gasteiger partial charge in [-0.1, -0.05) is 82.3 Å². The van der Waals surface area contributed by atoms with Crippen LogP contribution in [0.3, 0.4) is 0 Å². The van der Waals surface area contributed by atoms with Crippen molar-refractivity contribution in [1.82, 2.24) is 45.3 Å². The minimum absolute atomic E-state index is 0.00644. The van der Waals surface area contributed by atoms with Gasteiger partial charge in [0.05, 0.1) is 43.1 Å². The number of hydrogen-bond donors (Lipinski definition) is 4. The van der Waals surface area contributed by atoms with Gasteiger partial charge in [-0.25, -0.2) is 24.4 Å². The van der Waals surface area contributed by atoms with Gasteiger partial charge in [-0.05, 0) is 75.7 Å². The molecule has 4 N–H and O–H groups in total. The van der Waals surface area contributed by atoms with Crippen LogP contribution >= 0.6 is 0 Å². The van der Waals surface area contributed by atoms with Gasteiger partial charge in [0.2, 0.25) is 11.8 Å². The summed E-state index contributed by atoms with van der Waals surface area (Å²) in [7, 11) is 2.56. The topological polar surface area (TPSA) is 204 Å². The molecule has 4 aliphatic rings. The number of aromatic amines is 2. The Morgan fingerprint density at radius 1 is 0.758 bits per heavy atom. The largest absolute Gasteiger partial charge is 0.453 e. The second-order valence-electron chi connectivity index (χ2n) is 19.9. The predicted molar refractivity (Wildman–Crippen MR) is 246 cm³/mol. The van der Waals surface area contributed by atoms with Gasteiger partial charge in [-0.15, -0.1) is 0 Å². The third-order valence-electron chi connectivity index (χ3n) is 13.6. The van der Waals surface area contributed by atoms with Crippen molar-refractivity contribution in [1.29, 1.82) is 0 Å². The number of H-pyrrole nitrogens is 2. The normalized spacial score (nSPS) is 23.6. The van der Waals surface area contributed by atoms with Crippen LogP contribution in [0.4, 0.5) is 14.4 Å². The van der Waals surface area contributed by atoms with E-state index in [0.29, 0.717) is 63.5 Å². The quantitative estimate of drug-likeness (QED) is 0.114. The maximum absolute atomic E-state index is 14.7. The van der Waals surface area contributed by atoms with E-state index >= 15 is 0 Å². The molecular formula is C49H67N9O8. The number of rotatable bonds is 11. The van der Waals surface area contributed by atoms with Crippen molar-refractivity contribution in [2.45, 2.75) is 122 Å². The number of ether oxygens (including phenoxy) is 3. The van der Waals surface area contributed by atoms with Gasteiger partial charge >= 0.3 is 18.3 Å². The number of carbonyl (C=O) groups excluding carboxylic acids is 5. The lowest BCUT2D eigenvalue weighted by atomic mass is 9.75. The first kappa shape index (κ1) is 47.8. The lowest BCUT2D eigenvalue weighted by Crippen LogP contribution is -2.52. The van der Waals surface area contributed by atoms with Crippen LogP contribution in [-0.4, -0.2) is 123 Å². The molecule has 0 bridgehead atoms. The molecular weight excluding hydrogens is 843 g/mol. The number of likely N-dealkylation sites (tertiary alicyclic amines) is 3. The van der Waals surface area contributed by atoms with Crippen LogP contribution < -0.4 is 10.6 Å². The Hall–Kier alpha value is -6.13.